The molecule has 4 heteroatoms. The number of halogens is 2. The number of hydrogen-bond donors (Lipinski definition) is 1. The molecule has 1 N–H and O–H groups in total. The molecule has 17 heavy (non-hydrogen) atoms. The number of nitrogens with zero attached hydrogens (tertiary/aromatic N) is 1. The largest absolute Gasteiger partial charge is 0.379 e. The van der Waals surface area contributed by atoms with Crippen molar-refractivity contribution in [1.82, 2.24) is 4.57 Å². The quantitative estimate of drug-likeness (QED) is 0.877. The average Bonchev–Trinajstić information content (AvgIpc) is 2.78. The molecule has 0 saturated carbocycles. The second kappa shape index (κ2) is 5.61. The molecule has 0 aliphatic heterocycles. The molecule has 0 aliphatic rings. The molecule has 1 aromatic carbocycles. The van der Waals surface area contributed by atoms with Gasteiger partial charge in [-0.2, -0.15) is 0 Å². The summed E-state index contributed by atoms with van der Waals surface area (Å²) in [6.07, 6.45) is 2.09. The second-order valence-electron chi connectivity index (χ2n) is 3.77. The van der Waals surface area contributed by atoms with Crippen molar-refractivity contribution in [3.05, 3.63) is 51.7 Å². The molecule has 0 unspecified atom stereocenters. The van der Waals surface area contributed by atoms with Gasteiger partial charge in [0.15, 0.2) is 0 Å². The first-order valence-corrected chi connectivity index (χ1v) is 6.70. The lowest BCUT2D eigenvalue weighted by Gasteiger charge is -2.10. The topological polar surface area (TPSA) is 17.0 Å². The number of rotatable bonds is 4. The highest BCUT2D eigenvalue weighted by Crippen LogP contribution is 2.25. The Balaban J connectivity index is 2.05. The van der Waals surface area contributed by atoms with Crippen molar-refractivity contribution < 1.29 is 0 Å². The third kappa shape index (κ3) is 3.05. The molecule has 0 fully saturated rings. The lowest BCUT2D eigenvalue weighted by Crippen LogP contribution is -2.05. The van der Waals surface area contributed by atoms with Crippen molar-refractivity contribution in [3.8, 4) is 0 Å². The second-order valence-corrected chi connectivity index (χ2v) is 5.03. The Morgan fingerprint density at radius 3 is 2.88 bits per heavy atom. The van der Waals surface area contributed by atoms with E-state index in [0.29, 0.717) is 0 Å². The standard InChI is InChI=1S/C13H14BrClN2/c1-2-17-7-3-4-11(17)9-16-10-5-6-12(14)13(15)8-10/h3-8,16H,2,9H2,1H3. The molecule has 0 amide bonds. The van der Waals surface area contributed by atoms with Crippen molar-refractivity contribution in [2.24, 2.45) is 0 Å². The highest BCUT2D eigenvalue weighted by molar-refractivity contribution is 9.10. The van der Waals surface area contributed by atoms with E-state index in [2.05, 4.69) is 51.1 Å². The van der Waals surface area contributed by atoms with Gasteiger partial charge in [-0.25, -0.2) is 0 Å². The highest BCUT2D eigenvalue weighted by atomic mass is 79.9. The minimum atomic E-state index is 0.723. The van der Waals surface area contributed by atoms with Crippen molar-refractivity contribution in [3.63, 3.8) is 0 Å². The third-order valence-corrected chi connectivity index (χ3v) is 3.89. The molecule has 2 aromatic rings. The summed E-state index contributed by atoms with van der Waals surface area (Å²) in [7, 11) is 0. The van der Waals surface area contributed by atoms with Crippen LogP contribution in [0.2, 0.25) is 5.02 Å². The molecule has 0 aliphatic carbocycles. The van der Waals surface area contributed by atoms with Crippen molar-refractivity contribution in [2.75, 3.05) is 5.32 Å². The van der Waals surface area contributed by atoms with Crippen LogP contribution in [-0.2, 0) is 13.1 Å². The first-order valence-electron chi connectivity index (χ1n) is 5.53. The lowest BCUT2D eigenvalue weighted by molar-refractivity contribution is 0.724. The average molecular weight is 314 g/mol. The molecule has 0 bridgehead atoms. The van der Waals surface area contributed by atoms with Crippen LogP contribution in [0.3, 0.4) is 0 Å². The number of benzene rings is 1. The van der Waals surface area contributed by atoms with Crippen LogP contribution in [0.25, 0.3) is 0 Å². The van der Waals surface area contributed by atoms with Crippen LogP contribution in [0.1, 0.15) is 12.6 Å². The van der Waals surface area contributed by atoms with E-state index < -0.39 is 0 Å². The Morgan fingerprint density at radius 2 is 2.18 bits per heavy atom. The fourth-order valence-corrected chi connectivity index (χ4v) is 2.14. The smallest absolute Gasteiger partial charge is 0.0568 e. The molecular weight excluding hydrogens is 300 g/mol. The molecule has 0 spiro atoms. The fraction of sp³-hybridized carbons (Fsp3) is 0.231. The molecule has 2 rings (SSSR count). The Hall–Kier alpha value is -0.930. The van der Waals surface area contributed by atoms with Gasteiger partial charge in [0.1, 0.15) is 0 Å². The maximum atomic E-state index is 6.04. The Morgan fingerprint density at radius 1 is 1.35 bits per heavy atom. The van der Waals surface area contributed by atoms with Gasteiger partial charge in [-0.1, -0.05) is 11.6 Å². The van der Waals surface area contributed by atoms with Gasteiger partial charge >= 0.3 is 0 Å². The van der Waals surface area contributed by atoms with E-state index in [-0.39, 0.29) is 0 Å². The fourth-order valence-electron chi connectivity index (χ4n) is 1.72. The molecule has 1 heterocycles. The van der Waals surface area contributed by atoms with E-state index in [9.17, 15) is 0 Å². The molecule has 1 aromatic heterocycles. The Labute approximate surface area is 115 Å². The van der Waals surface area contributed by atoms with Crippen molar-refractivity contribution >= 4 is 33.2 Å². The summed E-state index contributed by atoms with van der Waals surface area (Å²) in [6, 6.07) is 10.1. The summed E-state index contributed by atoms with van der Waals surface area (Å²) in [5.74, 6) is 0. The number of anilines is 1. The summed E-state index contributed by atoms with van der Waals surface area (Å²) >= 11 is 9.42. The predicted molar refractivity (Wildman–Crippen MR) is 76.6 cm³/mol. The van der Waals surface area contributed by atoms with Crippen LogP contribution in [-0.4, -0.2) is 4.57 Å². The zero-order valence-corrected chi connectivity index (χ0v) is 11.9. The zero-order valence-electron chi connectivity index (χ0n) is 9.58. The SMILES string of the molecule is CCn1cccc1CNc1ccc(Br)c(Cl)c1. The summed E-state index contributed by atoms with van der Waals surface area (Å²) in [5, 5.41) is 4.09. The Bertz CT molecular complexity index is 508. The minimum Gasteiger partial charge on any atom is -0.379 e. The molecular formula is C13H14BrClN2. The van der Waals surface area contributed by atoms with Gasteiger partial charge in [-0.3, -0.25) is 0 Å². The molecule has 0 radical (unpaired) electrons. The van der Waals surface area contributed by atoms with Gasteiger partial charge in [0, 0.05) is 28.6 Å². The van der Waals surface area contributed by atoms with E-state index in [4.69, 9.17) is 11.6 Å². The van der Waals surface area contributed by atoms with E-state index in [1.165, 1.54) is 5.69 Å². The predicted octanol–water partition coefficient (Wildman–Crippen LogP) is 4.54. The zero-order chi connectivity index (χ0) is 12.3. The summed E-state index contributed by atoms with van der Waals surface area (Å²) < 4.78 is 3.13. The van der Waals surface area contributed by atoms with Gasteiger partial charge in [0.05, 0.1) is 11.6 Å². The maximum Gasteiger partial charge on any atom is 0.0568 e. The van der Waals surface area contributed by atoms with Gasteiger partial charge in [0.25, 0.3) is 0 Å². The maximum absolute atomic E-state index is 6.04. The van der Waals surface area contributed by atoms with E-state index in [1.807, 2.05) is 18.2 Å². The van der Waals surface area contributed by atoms with Gasteiger partial charge < -0.3 is 9.88 Å². The first kappa shape index (κ1) is 12.5. The third-order valence-electron chi connectivity index (χ3n) is 2.66. The number of aryl methyl sites for hydroxylation is 1. The van der Waals surface area contributed by atoms with Gasteiger partial charge in [-0.15, -0.1) is 0 Å². The Kier molecular flexibility index (Phi) is 4.13. The van der Waals surface area contributed by atoms with Crippen LogP contribution >= 0.6 is 27.5 Å². The lowest BCUT2D eigenvalue weighted by atomic mass is 10.3. The monoisotopic (exact) mass is 312 g/mol. The number of aromatic nitrogens is 1. The van der Waals surface area contributed by atoms with Crippen molar-refractivity contribution in [2.45, 2.75) is 20.0 Å². The van der Waals surface area contributed by atoms with Crippen LogP contribution in [0, 0.1) is 0 Å². The van der Waals surface area contributed by atoms with Gasteiger partial charge in [0.2, 0.25) is 0 Å². The molecule has 90 valence electrons. The highest BCUT2D eigenvalue weighted by Gasteiger charge is 2.01. The van der Waals surface area contributed by atoms with Crippen LogP contribution in [0.5, 0.6) is 0 Å². The minimum absolute atomic E-state index is 0.723. The van der Waals surface area contributed by atoms with Crippen molar-refractivity contribution in [1.29, 1.82) is 0 Å². The molecule has 0 saturated heterocycles. The normalized spacial score (nSPS) is 10.5. The van der Waals surface area contributed by atoms with Crippen LogP contribution < -0.4 is 5.32 Å². The summed E-state index contributed by atoms with van der Waals surface area (Å²) in [5.41, 5.74) is 2.30. The molecule has 2 nitrogen and oxygen atoms in total. The van der Waals surface area contributed by atoms with Gasteiger partial charge in [-0.05, 0) is 53.2 Å². The van der Waals surface area contributed by atoms with E-state index in [1.54, 1.807) is 0 Å². The van der Waals surface area contributed by atoms with Crippen LogP contribution in [0.15, 0.2) is 41.0 Å². The van der Waals surface area contributed by atoms with E-state index >= 15 is 0 Å². The van der Waals surface area contributed by atoms with E-state index in [0.717, 1.165) is 28.3 Å². The number of hydrogen-bond acceptors (Lipinski definition) is 1. The van der Waals surface area contributed by atoms with Crippen LogP contribution in [0.4, 0.5) is 5.69 Å². The number of nitrogens with one attached hydrogen (secondary N) is 1. The first-order chi connectivity index (χ1) is 8.20. The summed E-state index contributed by atoms with van der Waals surface area (Å²) in [4.78, 5) is 0. The molecule has 0 atom stereocenters. The summed E-state index contributed by atoms with van der Waals surface area (Å²) in [6.45, 7) is 3.93.